The van der Waals surface area contributed by atoms with Gasteiger partial charge in [-0.3, -0.25) is 9.69 Å². The molecule has 1 saturated heterocycles. The summed E-state index contributed by atoms with van der Waals surface area (Å²) in [7, 11) is 0. The van der Waals surface area contributed by atoms with Crippen molar-refractivity contribution in [1.29, 1.82) is 0 Å². The van der Waals surface area contributed by atoms with Gasteiger partial charge in [0.05, 0.1) is 24.3 Å². The highest BCUT2D eigenvalue weighted by molar-refractivity contribution is 7.13. The molecule has 5 rings (SSSR count). The Morgan fingerprint density at radius 3 is 2.51 bits per heavy atom. The molecule has 45 heavy (non-hydrogen) atoms. The van der Waals surface area contributed by atoms with Gasteiger partial charge < -0.3 is 14.7 Å². The topological polar surface area (TPSA) is 109 Å². The molecule has 1 N–H and O–H groups in total. The maximum absolute atomic E-state index is 13.6. The van der Waals surface area contributed by atoms with Crippen molar-refractivity contribution in [1.82, 2.24) is 19.9 Å². The van der Waals surface area contributed by atoms with E-state index in [4.69, 9.17) is 19.8 Å². The second-order valence-electron chi connectivity index (χ2n) is 11.7. The van der Waals surface area contributed by atoms with Crippen molar-refractivity contribution in [2.75, 3.05) is 18.0 Å². The Hall–Kier alpha value is -3.81. The van der Waals surface area contributed by atoms with E-state index in [2.05, 4.69) is 9.88 Å². The fourth-order valence-corrected chi connectivity index (χ4v) is 6.82. The molecule has 1 aromatic carbocycles. The molecule has 0 radical (unpaired) electrons. The number of carboxylic acids is 1. The number of halogens is 4. The standard InChI is InChI=1S/C31H35F4N5O4S/c1-3-39(16-20-6-4-19(5-7-20)12-26(41)42)28-25(38-24(15-37-28)29-36-8-9-45-29)17-40-18(2)27(44-30(40)43)22-10-21(14-32)11-23(13-22)31(33,34)35/h8-11,13,15,18-20,27H,3-7,12,14,16-17H2,1-2H3,(H,41,42)/t18-,19-,20-,27?/m0/s1. The molecule has 0 spiro atoms. The first-order valence-electron chi connectivity index (χ1n) is 14.9. The number of ether oxygens (including phenoxy) is 1. The number of aliphatic carboxylic acids is 1. The van der Waals surface area contributed by atoms with E-state index >= 15 is 0 Å². The largest absolute Gasteiger partial charge is 0.481 e. The summed E-state index contributed by atoms with van der Waals surface area (Å²) in [5.41, 5.74) is -0.0775. The van der Waals surface area contributed by atoms with Gasteiger partial charge in [0.25, 0.3) is 0 Å². The van der Waals surface area contributed by atoms with Crippen LogP contribution in [0.25, 0.3) is 10.7 Å². The van der Waals surface area contributed by atoms with Crippen molar-refractivity contribution < 1.29 is 37.0 Å². The predicted molar refractivity (Wildman–Crippen MR) is 159 cm³/mol. The Balaban J connectivity index is 1.41. The molecule has 242 valence electrons. The molecular weight excluding hydrogens is 614 g/mol. The van der Waals surface area contributed by atoms with Crippen LogP contribution >= 0.6 is 11.3 Å². The zero-order valence-electron chi connectivity index (χ0n) is 25.0. The highest BCUT2D eigenvalue weighted by atomic mass is 32.1. The predicted octanol–water partition coefficient (Wildman–Crippen LogP) is 7.28. The number of carboxylic acid groups (broad SMARTS) is 1. The van der Waals surface area contributed by atoms with Crippen LogP contribution < -0.4 is 4.90 Å². The van der Waals surface area contributed by atoms with Gasteiger partial charge in [0, 0.05) is 31.1 Å². The van der Waals surface area contributed by atoms with Crippen molar-refractivity contribution in [3.8, 4) is 10.7 Å². The SMILES string of the molecule is CCN(C[C@H]1CC[C@H](CC(=O)O)CC1)c1ncc(-c2nccs2)nc1CN1C(=O)OC(c2cc(CF)cc(C(F)(F)F)c2)[C@@H]1C. The van der Waals surface area contributed by atoms with Gasteiger partial charge in [-0.2, -0.15) is 13.2 Å². The van der Waals surface area contributed by atoms with Gasteiger partial charge in [0.15, 0.2) is 5.82 Å². The molecule has 2 aliphatic rings. The summed E-state index contributed by atoms with van der Waals surface area (Å²) >= 11 is 1.39. The molecule has 1 unspecified atom stereocenters. The van der Waals surface area contributed by atoms with Crippen LogP contribution in [0.15, 0.2) is 36.0 Å². The van der Waals surface area contributed by atoms with Gasteiger partial charge in [0.1, 0.15) is 29.2 Å². The number of cyclic esters (lactones) is 1. The van der Waals surface area contributed by atoms with Crippen LogP contribution in [0.2, 0.25) is 0 Å². The van der Waals surface area contributed by atoms with E-state index in [1.54, 1.807) is 19.3 Å². The van der Waals surface area contributed by atoms with Crippen molar-refractivity contribution >= 4 is 29.2 Å². The third kappa shape index (κ3) is 7.54. The fourth-order valence-electron chi connectivity index (χ4n) is 6.23. The molecule has 0 bridgehead atoms. The smallest absolute Gasteiger partial charge is 0.416 e. The Kier molecular flexibility index (Phi) is 9.90. The number of alkyl halides is 4. The first-order chi connectivity index (χ1) is 21.5. The number of thiazole rings is 1. The highest BCUT2D eigenvalue weighted by Crippen LogP contribution is 2.39. The second kappa shape index (κ2) is 13.7. The third-order valence-electron chi connectivity index (χ3n) is 8.60. The maximum Gasteiger partial charge on any atom is 0.416 e. The second-order valence-corrected chi connectivity index (χ2v) is 12.5. The molecule has 14 heteroatoms. The minimum absolute atomic E-state index is 0.0190. The minimum Gasteiger partial charge on any atom is -0.481 e. The number of hydrogen-bond donors (Lipinski definition) is 1. The lowest BCUT2D eigenvalue weighted by molar-refractivity contribution is -0.139. The summed E-state index contributed by atoms with van der Waals surface area (Å²) in [6, 6.07) is 2.26. The number of benzene rings is 1. The van der Waals surface area contributed by atoms with E-state index in [1.807, 2.05) is 12.3 Å². The molecule has 1 aliphatic carbocycles. The van der Waals surface area contributed by atoms with Crippen molar-refractivity contribution in [3.63, 3.8) is 0 Å². The van der Waals surface area contributed by atoms with Crippen LogP contribution in [0, 0.1) is 11.8 Å². The van der Waals surface area contributed by atoms with E-state index in [0.717, 1.165) is 37.8 Å². The molecule has 3 aromatic rings. The van der Waals surface area contributed by atoms with Gasteiger partial charge >= 0.3 is 18.2 Å². The van der Waals surface area contributed by atoms with E-state index in [1.165, 1.54) is 22.3 Å². The quantitative estimate of drug-likeness (QED) is 0.216. The number of amides is 1. The summed E-state index contributed by atoms with van der Waals surface area (Å²) in [5.74, 6) is 0.304. The van der Waals surface area contributed by atoms with E-state index in [9.17, 15) is 27.2 Å². The first kappa shape index (κ1) is 32.6. The molecule has 3 heterocycles. The van der Waals surface area contributed by atoms with Crippen molar-refractivity contribution in [3.05, 3.63) is 58.4 Å². The molecule has 1 saturated carbocycles. The molecule has 2 aromatic heterocycles. The number of aromatic nitrogens is 3. The van der Waals surface area contributed by atoms with Crippen molar-refractivity contribution in [2.45, 2.75) is 77.5 Å². The molecule has 1 aliphatic heterocycles. The van der Waals surface area contributed by atoms with E-state index in [-0.39, 0.29) is 30.0 Å². The number of rotatable bonds is 11. The van der Waals surface area contributed by atoms with Gasteiger partial charge in [-0.05, 0) is 80.7 Å². The normalized spacial score (nSPS) is 22.0. The molecule has 9 nitrogen and oxygen atoms in total. The lowest BCUT2D eigenvalue weighted by atomic mass is 9.80. The molecule has 2 fully saturated rings. The van der Waals surface area contributed by atoms with Crippen LogP contribution in [0.1, 0.15) is 74.4 Å². The van der Waals surface area contributed by atoms with Crippen molar-refractivity contribution in [2.24, 2.45) is 11.8 Å². The zero-order valence-corrected chi connectivity index (χ0v) is 25.8. The average molecular weight is 650 g/mol. The first-order valence-corrected chi connectivity index (χ1v) is 15.8. The van der Waals surface area contributed by atoms with Crippen LogP contribution in [-0.4, -0.2) is 56.2 Å². The van der Waals surface area contributed by atoms with E-state index in [0.29, 0.717) is 41.2 Å². The molecular formula is C31H35F4N5O4S. The van der Waals surface area contributed by atoms with Gasteiger partial charge in [0.2, 0.25) is 0 Å². The summed E-state index contributed by atoms with van der Waals surface area (Å²) in [5, 5.41) is 11.6. The third-order valence-corrected chi connectivity index (χ3v) is 9.40. The highest BCUT2D eigenvalue weighted by Gasteiger charge is 2.42. The molecule has 1 amide bonds. The Morgan fingerprint density at radius 2 is 1.89 bits per heavy atom. The van der Waals surface area contributed by atoms with Crippen LogP contribution in [0.3, 0.4) is 0 Å². The van der Waals surface area contributed by atoms with Gasteiger partial charge in [-0.1, -0.05) is 0 Å². The average Bonchev–Trinajstić information content (AvgIpc) is 3.65. The number of carbonyl (C=O) groups is 2. The van der Waals surface area contributed by atoms with Gasteiger partial charge in [-0.15, -0.1) is 11.3 Å². The number of anilines is 1. The lowest BCUT2D eigenvalue weighted by Crippen LogP contribution is -2.36. The lowest BCUT2D eigenvalue weighted by Gasteiger charge is -2.33. The summed E-state index contributed by atoms with van der Waals surface area (Å²) in [6.07, 6.45) is 0.476. The fraction of sp³-hybridized carbons (Fsp3) is 0.516. The van der Waals surface area contributed by atoms with Gasteiger partial charge in [-0.25, -0.2) is 24.1 Å². The monoisotopic (exact) mass is 649 g/mol. The summed E-state index contributed by atoms with van der Waals surface area (Å²) in [4.78, 5) is 41.8. The number of nitrogens with zero attached hydrogens (tertiary/aromatic N) is 5. The zero-order chi connectivity index (χ0) is 32.3. The van der Waals surface area contributed by atoms with E-state index < -0.39 is 42.6 Å². The Labute approximate surface area is 262 Å². The van der Waals surface area contributed by atoms with Crippen LogP contribution in [0.5, 0.6) is 0 Å². The summed E-state index contributed by atoms with van der Waals surface area (Å²) in [6.45, 7) is 3.84. The summed E-state index contributed by atoms with van der Waals surface area (Å²) < 4.78 is 59.8. The van der Waals surface area contributed by atoms with Crippen LogP contribution in [-0.2, 0) is 28.9 Å². The minimum atomic E-state index is -4.69. The number of hydrogen-bond acceptors (Lipinski definition) is 8. The van der Waals surface area contributed by atoms with Crippen LogP contribution in [0.4, 0.5) is 28.2 Å². The Bertz CT molecular complexity index is 1500. The number of carbonyl (C=O) groups excluding carboxylic acids is 1. The molecule has 2 atom stereocenters. The maximum atomic E-state index is 13.6. The Morgan fingerprint density at radius 1 is 1.16 bits per heavy atom.